The van der Waals surface area contributed by atoms with Gasteiger partial charge in [-0.05, 0) is 60.5 Å². The van der Waals surface area contributed by atoms with Gasteiger partial charge in [-0.25, -0.2) is 0 Å². The Morgan fingerprint density at radius 1 is 1.07 bits per heavy atom. The third-order valence-corrected chi connectivity index (χ3v) is 6.08. The van der Waals surface area contributed by atoms with E-state index in [1.807, 2.05) is 20.0 Å². The van der Waals surface area contributed by atoms with E-state index in [4.69, 9.17) is 0 Å². The Labute approximate surface area is 170 Å². The molecule has 3 nitrogen and oxygen atoms in total. The fourth-order valence-electron chi connectivity index (χ4n) is 4.23. The summed E-state index contributed by atoms with van der Waals surface area (Å²) in [6.45, 7) is 13.2. The van der Waals surface area contributed by atoms with Crippen LogP contribution in [0, 0.1) is 6.92 Å². The first-order chi connectivity index (χ1) is 13.4. The third-order valence-electron chi connectivity index (χ3n) is 6.08. The highest BCUT2D eigenvalue weighted by Crippen LogP contribution is 2.28. The molecule has 2 aliphatic rings. The van der Waals surface area contributed by atoms with Crippen LogP contribution in [-0.4, -0.2) is 42.4 Å². The van der Waals surface area contributed by atoms with Crippen LogP contribution in [-0.2, 0) is 19.4 Å². The number of fused-ring (bicyclic) bond motifs is 2. The predicted octanol–water partition coefficient (Wildman–Crippen LogP) is 4.81. The zero-order valence-corrected chi connectivity index (χ0v) is 18.1. The predicted molar refractivity (Wildman–Crippen MR) is 117 cm³/mol. The van der Waals surface area contributed by atoms with Crippen molar-refractivity contribution in [2.45, 2.75) is 53.0 Å². The first kappa shape index (κ1) is 20.6. The lowest BCUT2D eigenvalue weighted by Gasteiger charge is -2.32. The van der Waals surface area contributed by atoms with Crippen LogP contribution in [0.4, 0.5) is 0 Å². The molecule has 2 aliphatic heterocycles. The van der Waals surface area contributed by atoms with Gasteiger partial charge in [0.05, 0.1) is 0 Å². The second-order valence-electron chi connectivity index (χ2n) is 8.25. The van der Waals surface area contributed by atoms with Crippen molar-refractivity contribution in [2.75, 3.05) is 26.7 Å². The van der Waals surface area contributed by atoms with Gasteiger partial charge in [0.1, 0.15) is 0 Å². The number of benzene rings is 2. The molecule has 150 valence electrons. The van der Waals surface area contributed by atoms with Gasteiger partial charge < -0.3 is 4.90 Å². The molecule has 0 spiro atoms. The quantitative estimate of drug-likeness (QED) is 0.749. The average molecular weight is 379 g/mol. The van der Waals surface area contributed by atoms with Gasteiger partial charge in [0.25, 0.3) is 5.91 Å². The molecule has 1 amide bonds. The molecule has 2 heterocycles. The Morgan fingerprint density at radius 3 is 2.57 bits per heavy atom. The summed E-state index contributed by atoms with van der Waals surface area (Å²) in [5.74, 6) is 0.851. The second kappa shape index (κ2) is 8.91. The Balaban J connectivity index is 0.000000162. The minimum Gasteiger partial charge on any atom is -0.341 e. The van der Waals surface area contributed by atoms with Crippen molar-refractivity contribution in [1.29, 1.82) is 0 Å². The van der Waals surface area contributed by atoms with Crippen molar-refractivity contribution in [1.82, 2.24) is 9.80 Å². The molecular formula is C25H34N2O. The maximum atomic E-state index is 11.7. The van der Waals surface area contributed by atoms with Crippen LogP contribution in [0.1, 0.15) is 64.9 Å². The van der Waals surface area contributed by atoms with E-state index in [-0.39, 0.29) is 5.91 Å². The molecule has 2 aromatic carbocycles. The maximum absolute atomic E-state index is 11.7. The maximum Gasteiger partial charge on any atom is 0.253 e. The van der Waals surface area contributed by atoms with Gasteiger partial charge >= 0.3 is 0 Å². The molecule has 3 heteroatoms. The van der Waals surface area contributed by atoms with Crippen LogP contribution < -0.4 is 0 Å². The van der Waals surface area contributed by atoms with E-state index >= 15 is 0 Å². The molecule has 0 N–H and O–H groups in total. The fourth-order valence-corrected chi connectivity index (χ4v) is 4.23. The summed E-state index contributed by atoms with van der Waals surface area (Å²) < 4.78 is 0. The van der Waals surface area contributed by atoms with E-state index in [9.17, 15) is 4.79 Å². The minimum atomic E-state index is 0.157. The number of amides is 1. The van der Waals surface area contributed by atoms with Gasteiger partial charge in [-0.2, -0.15) is 0 Å². The molecular weight excluding hydrogens is 344 g/mol. The Morgan fingerprint density at radius 2 is 1.86 bits per heavy atom. The van der Waals surface area contributed by atoms with Gasteiger partial charge in [-0.1, -0.05) is 56.7 Å². The fraction of sp³-hybridized carbons (Fsp3) is 0.480. The van der Waals surface area contributed by atoms with Crippen molar-refractivity contribution in [3.63, 3.8) is 0 Å². The van der Waals surface area contributed by atoms with E-state index in [2.05, 4.69) is 56.0 Å². The average Bonchev–Trinajstić information content (AvgIpc) is 2.71. The second-order valence-corrected chi connectivity index (χ2v) is 8.25. The molecule has 0 radical (unpaired) electrons. The summed E-state index contributed by atoms with van der Waals surface area (Å²) in [6.07, 6.45) is 2.13. The topological polar surface area (TPSA) is 23.6 Å². The van der Waals surface area contributed by atoms with Crippen LogP contribution in [0.2, 0.25) is 0 Å². The van der Waals surface area contributed by atoms with E-state index in [1.54, 1.807) is 16.0 Å². The number of nitrogens with zero attached hydrogens (tertiary/aromatic N) is 2. The summed E-state index contributed by atoms with van der Waals surface area (Å²) in [7, 11) is 1.85. The van der Waals surface area contributed by atoms with Gasteiger partial charge in [0.15, 0.2) is 0 Å². The van der Waals surface area contributed by atoms with Gasteiger partial charge in [-0.15, -0.1) is 0 Å². The Kier molecular flexibility index (Phi) is 6.56. The van der Waals surface area contributed by atoms with Crippen molar-refractivity contribution in [3.05, 3.63) is 69.8 Å². The molecule has 0 unspecified atom stereocenters. The van der Waals surface area contributed by atoms with Crippen LogP contribution in [0.25, 0.3) is 0 Å². The van der Waals surface area contributed by atoms with Gasteiger partial charge in [0.2, 0.25) is 0 Å². The molecule has 0 aliphatic carbocycles. The Bertz CT molecular complexity index is 842. The van der Waals surface area contributed by atoms with Crippen LogP contribution >= 0.6 is 0 Å². The lowest BCUT2D eigenvalue weighted by molar-refractivity contribution is 0.0781. The van der Waals surface area contributed by atoms with Crippen LogP contribution in [0.15, 0.2) is 36.4 Å². The van der Waals surface area contributed by atoms with Crippen molar-refractivity contribution in [3.8, 4) is 0 Å². The molecule has 0 fully saturated rings. The first-order valence-corrected chi connectivity index (χ1v) is 10.6. The van der Waals surface area contributed by atoms with Crippen molar-refractivity contribution >= 4 is 5.91 Å². The highest BCUT2D eigenvalue weighted by Gasteiger charge is 2.21. The molecule has 0 saturated carbocycles. The summed E-state index contributed by atoms with van der Waals surface area (Å²) >= 11 is 0. The standard InChI is InChI=1S/C14H21N.C11H13NO/c1-4-12-6-7-14-11(3)9-15(5-2)10-13(14)8-12;1-8-3-4-9-5-6-12(2)11(13)10(9)7-8/h6-8,11H,4-5,9-10H2,1-3H3;3-4,7H,5-6H2,1-2H3/t11-;/m0./s1. The van der Waals surface area contributed by atoms with Crippen LogP contribution in [0.3, 0.4) is 0 Å². The van der Waals surface area contributed by atoms with Crippen LogP contribution in [0.5, 0.6) is 0 Å². The zero-order valence-electron chi connectivity index (χ0n) is 18.1. The summed E-state index contributed by atoms with van der Waals surface area (Å²) in [5, 5.41) is 0. The largest absolute Gasteiger partial charge is 0.341 e. The SMILES string of the molecule is CCc1ccc2c(c1)CN(CC)C[C@@H]2C.Cc1ccc2c(c1)C(=O)N(C)CC2. The van der Waals surface area contributed by atoms with Gasteiger partial charge in [0, 0.05) is 32.2 Å². The Hall–Kier alpha value is -2.13. The first-order valence-electron chi connectivity index (χ1n) is 10.6. The van der Waals surface area contributed by atoms with Gasteiger partial charge in [-0.3, -0.25) is 9.69 Å². The summed E-state index contributed by atoms with van der Waals surface area (Å²) in [5.41, 5.74) is 7.82. The summed E-state index contributed by atoms with van der Waals surface area (Å²) in [6, 6.07) is 13.1. The number of aryl methyl sites for hydroxylation is 2. The lowest BCUT2D eigenvalue weighted by Crippen LogP contribution is -2.34. The molecule has 0 bridgehead atoms. The number of carbonyl (C=O) groups excluding carboxylic acids is 1. The molecule has 1 atom stereocenters. The number of rotatable bonds is 2. The zero-order chi connectivity index (χ0) is 20.3. The number of likely N-dealkylation sites (N-methyl/N-ethyl adjacent to an activating group) is 2. The molecule has 0 aromatic heterocycles. The number of hydrogen-bond donors (Lipinski definition) is 0. The molecule has 2 aromatic rings. The number of hydrogen-bond acceptors (Lipinski definition) is 2. The molecule has 28 heavy (non-hydrogen) atoms. The minimum absolute atomic E-state index is 0.157. The smallest absolute Gasteiger partial charge is 0.253 e. The lowest BCUT2D eigenvalue weighted by atomic mass is 9.89. The third kappa shape index (κ3) is 4.47. The highest BCUT2D eigenvalue weighted by atomic mass is 16.2. The van der Waals surface area contributed by atoms with E-state index < -0.39 is 0 Å². The monoisotopic (exact) mass is 378 g/mol. The van der Waals surface area contributed by atoms with Crippen molar-refractivity contribution < 1.29 is 4.79 Å². The molecule has 0 saturated heterocycles. The number of carbonyl (C=O) groups is 1. The molecule has 4 rings (SSSR count). The normalized spacial score (nSPS) is 18.8. The summed E-state index contributed by atoms with van der Waals surface area (Å²) in [4.78, 5) is 16.0. The van der Waals surface area contributed by atoms with E-state index in [1.165, 1.54) is 24.2 Å². The van der Waals surface area contributed by atoms with Crippen molar-refractivity contribution in [2.24, 2.45) is 0 Å². The van der Waals surface area contributed by atoms with E-state index in [0.717, 1.165) is 37.1 Å². The van der Waals surface area contributed by atoms with E-state index in [0.29, 0.717) is 5.92 Å². The highest BCUT2D eigenvalue weighted by molar-refractivity contribution is 5.96.